The van der Waals surface area contributed by atoms with Gasteiger partial charge in [-0.05, 0) is 66.8 Å². The summed E-state index contributed by atoms with van der Waals surface area (Å²) in [5, 5.41) is 0. The number of hydrogen-bond donors (Lipinski definition) is 0. The lowest BCUT2D eigenvalue weighted by atomic mass is 9.56. The molecule has 0 saturated heterocycles. The fourth-order valence-corrected chi connectivity index (χ4v) is 6.13. The largest absolute Gasteiger partial charge is 0.289 e. The normalized spacial score (nSPS) is 49.6. The van der Waals surface area contributed by atoms with Crippen LogP contribution in [0, 0.1) is 29.1 Å². The van der Waals surface area contributed by atoms with Gasteiger partial charge in [-0.2, -0.15) is 0 Å². The molecule has 0 aliphatic heterocycles. The van der Waals surface area contributed by atoms with E-state index in [0.717, 1.165) is 29.1 Å². The predicted molar refractivity (Wildman–Crippen MR) is 77.3 cm³/mol. The third kappa shape index (κ3) is 1.29. The van der Waals surface area contributed by atoms with Gasteiger partial charge in [-0.25, -0.2) is 0 Å². The molecule has 4 aliphatic rings. The predicted octanol–water partition coefficient (Wildman–Crippen LogP) is 3.93. The summed E-state index contributed by atoms with van der Waals surface area (Å²) >= 11 is 0. The van der Waals surface area contributed by atoms with Gasteiger partial charge in [0.1, 0.15) is 0 Å². The Morgan fingerprint density at radius 2 is 1.63 bits per heavy atom. The van der Waals surface area contributed by atoms with Crippen LogP contribution in [0.5, 0.6) is 0 Å². The van der Waals surface area contributed by atoms with Crippen molar-refractivity contribution in [2.24, 2.45) is 34.1 Å². The summed E-state index contributed by atoms with van der Waals surface area (Å²) in [7, 11) is 0. The first kappa shape index (κ1) is 10.7. The number of aliphatic imine (C=N–C) groups is 1. The number of benzene rings is 1. The molecule has 1 spiro atoms. The summed E-state index contributed by atoms with van der Waals surface area (Å²) < 4.78 is 0. The molecule has 98 valence electrons. The summed E-state index contributed by atoms with van der Waals surface area (Å²) in [5.74, 6) is 4.00. The number of hydrogen-bond acceptors (Lipinski definition) is 1. The van der Waals surface area contributed by atoms with E-state index in [0.29, 0.717) is 6.04 Å². The highest BCUT2D eigenvalue weighted by Crippen LogP contribution is 2.75. The number of rotatable bonds is 2. The smallest absolute Gasteiger partial charge is 0.0556 e. The number of nitrogens with zero attached hydrogens (tertiary/aromatic N) is 1. The molecule has 0 N–H and O–H groups in total. The van der Waals surface area contributed by atoms with Gasteiger partial charge in [0.05, 0.1) is 6.04 Å². The molecule has 0 radical (unpaired) electrons. The van der Waals surface area contributed by atoms with Crippen LogP contribution in [0.15, 0.2) is 35.3 Å². The van der Waals surface area contributed by atoms with Gasteiger partial charge in [0.15, 0.2) is 0 Å². The third-order valence-electron chi connectivity index (χ3n) is 6.82. The molecule has 0 heterocycles. The molecule has 5 rings (SSSR count). The van der Waals surface area contributed by atoms with E-state index in [1.54, 1.807) is 6.42 Å². The van der Waals surface area contributed by atoms with Gasteiger partial charge >= 0.3 is 0 Å². The fraction of sp³-hybridized carbons (Fsp3) is 0.611. The average Bonchev–Trinajstić information content (AvgIpc) is 2.81. The van der Waals surface area contributed by atoms with E-state index in [1.165, 1.54) is 31.2 Å². The van der Waals surface area contributed by atoms with Crippen LogP contribution in [-0.2, 0) is 0 Å². The van der Waals surface area contributed by atoms with Crippen molar-refractivity contribution in [3.8, 4) is 0 Å². The molecular weight excluding hydrogens is 230 g/mol. The first-order chi connectivity index (χ1) is 9.35. The molecule has 0 aromatic heterocycles. The molecule has 3 bridgehead atoms. The monoisotopic (exact) mass is 251 g/mol. The van der Waals surface area contributed by atoms with E-state index in [1.807, 2.05) is 0 Å². The van der Waals surface area contributed by atoms with Gasteiger partial charge in [0, 0.05) is 6.21 Å². The van der Waals surface area contributed by atoms with Gasteiger partial charge in [-0.15, -0.1) is 0 Å². The van der Waals surface area contributed by atoms with Crippen LogP contribution in [-0.4, -0.2) is 12.3 Å². The van der Waals surface area contributed by atoms with Gasteiger partial charge in [0.2, 0.25) is 0 Å². The third-order valence-corrected chi connectivity index (χ3v) is 6.82. The minimum atomic E-state index is 0.642. The van der Waals surface area contributed by atoms with E-state index < -0.39 is 0 Å². The average molecular weight is 251 g/mol. The molecular formula is C18H21N. The lowest BCUT2D eigenvalue weighted by molar-refractivity contribution is 0.0000807. The minimum Gasteiger partial charge on any atom is -0.289 e. The molecule has 4 unspecified atom stereocenters. The summed E-state index contributed by atoms with van der Waals surface area (Å²) in [5.41, 5.74) is 2.09. The fourth-order valence-electron chi connectivity index (χ4n) is 6.13. The first-order valence-electron chi connectivity index (χ1n) is 7.93. The minimum absolute atomic E-state index is 0.642. The van der Waals surface area contributed by atoms with Gasteiger partial charge in [-0.1, -0.05) is 30.3 Å². The molecule has 0 amide bonds. The van der Waals surface area contributed by atoms with Crippen LogP contribution in [0.25, 0.3) is 0 Å². The maximum absolute atomic E-state index is 5.04. The molecule has 4 atom stereocenters. The number of fused-ring (bicyclic) bond motifs is 2. The highest BCUT2D eigenvalue weighted by Gasteiger charge is 2.68. The van der Waals surface area contributed by atoms with Crippen LogP contribution in [0.3, 0.4) is 0 Å². The first-order valence-corrected chi connectivity index (χ1v) is 7.93. The molecule has 1 aromatic rings. The quantitative estimate of drug-likeness (QED) is 0.706. The Hall–Kier alpha value is -1.11. The Morgan fingerprint density at radius 1 is 0.947 bits per heavy atom. The van der Waals surface area contributed by atoms with Gasteiger partial charge < -0.3 is 0 Å². The van der Waals surface area contributed by atoms with Crippen LogP contribution >= 0.6 is 0 Å². The van der Waals surface area contributed by atoms with E-state index in [4.69, 9.17) is 4.99 Å². The van der Waals surface area contributed by atoms with Crippen LogP contribution in [0.1, 0.15) is 37.7 Å². The Morgan fingerprint density at radius 3 is 2.32 bits per heavy atom. The van der Waals surface area contributed by atoms with Crippen molar-refractivity contribution in [2.75, 3.05) is 0 Å². The lowest BCUT2D eigenvalue weighted by Crippen LogP contribution is -2.42. The van der Waals surface area contributed by atoms with E-state index in [2.05, 4.69) is 36.5 Å². The van der Waals surface area contributed by atoms with Crippen molar-refractivity contribution in [1.82, 2.24) is 0 Å². The highest BCUT2D eigenvalue weighted by atomic mass is 14.9. The van der Waals surface area contributed by atoms with Crippen molar-refractivity contribution >= 4 is 6.21 Å². The molecule has 4 fully saturated rings. The lowest BCUT2D eigenvalue weighted by Gasteiger charge is -2.49. The van der Waals surface area contributed by atoms with Crippen molar-refractivity contribution in [2.45, 2.75) is 38.1 Å². The van der Waals surface area contributed by atoms with E-state index >= 15 is 0 Å². The van der Waals surface area contributed by atoms with Crippen molar-refractivity contribution < 1.29 is 0 Å². The second kappa shape index (κ2) is 3.50. The molecule has 19 heavy (non-hydrogen) atoms. The Balaban J connectivity index is 1.43. The summed E-state index contributed by atoms with van der Waals surface area (Å²) in [6.45, 7) is 0. The van der Waals surface area contributed by atoms with Crippen molar-refractivity contribution in [3.05, 3.63) is 35.9 Å². The van der Waals surface area contributed by atoms with Gasteiger partial charge in [-0.3, -0.25) is 4.99 Å². The Bertz CT molecular complexity index is 508. The standard InChI is InChI=1S/C18H21N/c1-2-4-12(5-3-1)11-19-17-13-6-15-8-16-7-14(17)10-18(15,16)9-13/h1-5,11,13-17H,6-10H2. The maximum Gasteiger partial charge on any atom is 0.0556 e. The maximum atomic E-state index is 5.04. The second-order valence-corrected chi connectivity index (χ2v) is 7.44. The molecule has 4 aliphatic carbocycles. The van der Waals surface area contributed by atoms with Gasteiger partial charge in [0.25, 0.3) is 0 Å². The van der Waals surface area contributed by atoms with Crippen LogP contribution in [0.2, 0.25) is 0 Å². The molecule has 1 nitrogen and oxygen atoms in total. The topological polar surface area (TPSA) is 12.4 Å². The summed E-state index contributed by atoms with van der Waals surface area (Å²) in [6.07, 6.45) is 9.70. The second-order valence-electron chi connectivity index (χ2n) is 7.44. The van der Waals surface area contributed by atoms with E-state index in [-0.39, 0.29) is 0 Å². The zero-order chi connectivity index (χ0) is 12.4. The van der Waals surface area contributed by atoms with Crippen LogP contribution < -0.4 is 0 Å². The molecule has 1 aromatic carbocycles. The van der Waals surface area contributed by atoms with Crippen molar-refractivity contribution in [1.29, 1.82) is 0 Å². The highest BCUT2D eigenvalue weighted by molar-refractivity contribution is 5.79. The van der Waals surface area contributed by atoms with Crippen LogP contribution in [0.4, 0.5) is 0 Å². The van der Waals surface area contributed by atoms with E-state index in [9.17, 15) is 0 Å². The Labute approximate surface area is 115 Å². The summed E-state index contributed by atoms with van der Waals surface area (Å²) in [4.78, 5) is 5.04. The zero-order valence-electron chi connectivity index (χ0n) is 11.3. The van der Waals surface area contributed by atoms with Crippen molar-refractivity contribution in [3.63, 3.8) is 0 Å². The zero-order valence-corrected chi connectivity index (χ0v) is 11.3. The summed E-state index contributed by atoms with van der Waals surface area (Å²) in [6, 6.07) is 11.3. The molecule has 4 saturated carbocycles. The molecule has 1 heteroatoms. The Kier molecular flexibility index (Phi) is 1.96. The SMILES string of the molecule is C(=NC1C2CC3CC4CC1CC34C2)c1ccccc1.